The number of rotatable bonds is 9. The van der Waals surface area contributed by atoms with Crippen molar-refractivity contribution in [2.45, 2.75) is 47.7 Å². The van der Waals surface area contributed by atoms with Crippen LogP contribution in [0.5, 0.6) is 0 Å². The van der Waals surface area contributed by atoms with Crippen LogP contribution in [-0.2, 0) is 27.2 Å². The molecule has 0 bridgehead atoms. The van der Waals surface area contributed by atoms with Gasteiger partial charge >= 0.3 is 27.2 Å². The van der Waals surface area contributed by atoms with Gasteiger partial charge < -0.3 is 0 Å². The van der Waals surface area contributed by atoms with Gasteiger partial charge in [-0.3, -0.25) is 4.98 Å². The van der Waals surface area contributed by atoms with Crippen molar-refractivity contribution < 1.29 is 34.2 Å². The maximum Gasteiger partial charge on any atom is 2.00 e. The number of alkyl halides is 3. The quantitative estimate of drug-likeness (QED) is 0.191. The molecule has 2 rings (SSSR count). The van der Waals surface area contributed by atoms with Gasteiger partial charge in [0.1, 0.15) is 0 Å². The Morgan fingerprint density at radius 3 is 1.24 bits per heavy atom. The molecule has 0 aliphatic heterocycles. The van der Waals surface area contributed by atoms with E-state index in [4.69, 9.17) is 0 Å². The Kier molecular flexibility index (Phi) is 21.8. The molecular weight excluding hydrogens is 640 g/mol. The average Bonchev–Trinajstić information content (AvgIpc) is 2.81. The van der Waals surface area contributed by atoms with Crippen LogP contribution in [0.2, 0.25) is 0 Å². The minimum Gasteiger partial charge on any atom is -0.291 e. The fraction of sp³-hybridized carbons (Fsp3) is 0.500. The summed E-state index contributed by atoms with van der Waals surface area (Å²) >= 11 is 0. The monoisotopic (exact) mass is 680 g/mol. The smallest absolute Gasteiger partial charge is 0.291 e. The van der Waals surface area contributed by atoms with E-state index in [0.29, 0.717) is 15.8 Å². The third kappa shape index (κ3) is 16.7. The largest absolute Gasteiger partial charge is 2.00 e. The van der Waals surface area contributed by atoms with Gasteiger partial charge in [-0.2, -0.15) is 30.9 Å². The molecule has 0 saturated heterocycles. The number of halogens is 3. The van der Waals surface area contributed by atoms with Crippen LogP contribution in [0, 0.1) is 12.8 Å². The first-order chi connectivity index (χ1) is 15.2. The van der Waals surface area contributed by atoms with Crippen molar-refractivity contribution in [1.29, 1.82) is 0 Å². The van der Waals surface area contributed by atoms with E-state index in [1.807, 2.05) is 18.6 Å². The second-order valence-corrected chi connectivity index (χ2v) is 13.5. The number of hydrogen-bond donors (Lipinski definition) is 0. The summed E-state index contributed by atoms with van der Waals surface area (Å²) in [7, 11) is 0.892. The Morgan fingerprint density at radius 2 is 0.970 bits per heavy atom. The molecule has 0 aliphatic rings. The zero-order valence-electron chi connectivity index (χ0n) is 20.8. The summed E-state index contributed by atoms with van der Waals surface area (Å²) in [5.74, 6) is 0. The summed E-state index contributed by atoms with van der Waals surface area (Å²) in [4.78, 5) is 3.88. The standard InChI is InChI=1S/C14H10F3N.2C6H15P.Pt/c15-14(16,17)13-5-3-11(4-6-13)1-2-12-7-9-18-10-8-12;2*1-4-7(5-2)6-3;/h1-10H;2*4-6H2,1-3H3;/q-2;;;+2. The number of nitrogens with zero attached hydrogens (tertiary/aromatic N) is 1. The molecule has 0 N–H and O–H groups in total. The molecule has 0 aliphatic carbocycles. The summed E-state index contributed by atoms with van der Waals surface area (Å²) in [6.07, 6.45) is 11.1. The van der Waals surface area contributed by atoms with E-state index in [0.717, 1.165) is 23.3 Å². The van der Waals surface area contributed by atoms with Crippen LogP contribution < -0.4 is 0 Å². The minimum absolute atomic E-state index is 0. The van der Waals surface area contributed by atoms with E-state index < -0.39 is 11.7 Å². The van der Waals surface area contributed by atoms with Gasteiger partial charge in [-0.15, -0.1) is 40.1 Å². The van der Waals surface area contributed by atoms with E-state index in [1.54, 1.807) is 18.8 Å². The Bertz CT molecular complexity index is 651. The van der Waals surface area contributed by atoms with Gasteiger partial charge in [-0.05, 0) is 49.4 Å². The Labute approximate surface area is 217 Å². The van der Waals surface area contributed by atoms with Gasteiger partial charge in [0.15, 0.2) is 0 Å². The normalized spacial score (nSPS) is 10.4. The molecule has 33 heavy (non-hydrogen) atoms. The SMILES string of the molecule is CCP(CC)CC.CCP(CC)CC.FC(F)(F)c1ccc([CH-][CH-]c2ccncc2)cc1.[Pt+2]. The van der Waals surface area contributed by atoms with Crippen molar-refractivity contribution in [1.82, 2.24) is 4.98 Å². The maximum atomic E-state index is 12.3. The van der Waals surface area contributed by atoms with Crippen LogP contribution in [0.25, 0.3) is 0 Å². The number of pyridine rings is 1. The predicted molar refractivity (Wildman–Crippen MR) is 140 cm³/mol. The van der Waals surface area contributed by atoms with E-state index in [9.17, 15) is 13.2 Å². The molecule has 0 amide bonds. The predicted octanol–water partition coefficient (Wildman–Crippen LogP) is 8.96. The molecule has 190 valence electrons. The molecule has 0 spiro atoms. The Hall–Kier alpha value is -0.552. The third-order valence-corrected chi connectivity index (χ3v) is 10.5. The second-order valence-electron chi connectivity index (χ2n) is 6.97. The summed E-state index contributed by atoms with van der Waals surface area (Å²) in [6, 6.07) is 8.68. The van der Waals surface area contributed by atoms with Gasteiger partial charge in [-0.1, -0.05) is 41.5 Å². The van der Waals surface area contributed by atoms with E-state index in [1.165, 1.54) is 49.1 Å². The first kappa shape index (κ1) is 34.6. The molecule has 0 fully saturated rings. The van der Waals surface area contributed by atoms with Crippen LogP contribution in [0.4, 0.5) is 13.2 Å². The molecule has 1 nitrogen and oxygen atoms in total. The van der Waals surface area contributed by atoms with Crippen LogP contribution in [0.3, 0.4) is 0 Å². The molecular formula is C26H40F3NP2Pt. The van der Waals surface area contributed by atoms with Gasteiger partial charge in [0.2, 0.25) is 0 Å². The van der Waals surface area contributed by atoms with E-state index >= 15 is 0 Å². The van der Waals surface area contributed by atoms with Crippen molar-refractivity contribution in [3.8, 4) is 0 Å². The third-order valence-electron chi connectivity index (χ3n) is 5.10. The van der Waals surface area contributed by atoms with Gasteiger partial charge in [0.25, 0.3) is 0 Å². The molecule has 0 unspecified atom stereocenters. The maximum absolute atomic E-state index is 12.3. The van der Waals surface area contributed by atoms with Crippen molar-refractivity contribution in [3.05, 3.63) is 78.3 Å². The fourth-order valence-electron chi connectivity index (χ4n) is 2.79. The van der Waals surface area contributed by atoms with Crippen molar-refractivity contribution >= 4 is 15.8 Å². The van der Waals surface area contributed by atoms with E-state index in [-0.39, 0.29) is 21.1 Å². The molecule has 0 atom stereocenters. The van der Waals surface area contributed by atoms with Crippen LogP contribution in [0.15, 0.2) is 48.8 Å². The zero-order chi connectivity index (χ0) is 24.4. The van der Waals surface area contributed by atoms with Crippen molar-refractivity contribution in [3.63, 3.8) is 0 Å². The average molecular weight is 681 g/mol. The summed E-state index contributed by atoms with van der Waals surface area (Å²) < 4.78 is 37.0. The Balaban J connectivity index is 0. The van der Waals surface area contributed by atoms with Crippen LogP contribution in [0.1, 0.15) is 58.2 Å². The van der Waals surface area contributed by atoms with Gasteiger partial charge in [0.05, 0.1) is 0 Å². The first-order valence-electron chi connectivity index (χ1n) is 11.4. The second kappa shape index (κ2) is 20.8. The van der Waals surface area contributed by atoms with Gasteiger partial charge in [0, 0.05) is 5.56 Å². The zero-order valence-corrected chi connectivity index (χ0v) is 24.9. The molecule has 0 radical (unpaired) electrons. The molecule has 7 heteroatoms. The van der Waals surface area contributed by atoms with Crippen molar-refractivity contribution in [2.75, 3.05) is 37.0 Å². The molecule has 2 aromatic rings. The van der Waals surface area contributed by atoms with Crippen molar-refractivity contribution in [2.24, 2.45) is 0 Å². The minimum atomic E-state index is -4.28. The van der Waals surface area contributed by atoms with Crippen LogP contribution >= 0.6 is 15.8 Å². The summed E-state index contributed by atoms with van der Waals surface area (Å²) in [5, 5.41) is 0. The Morgan fingerprint density at radius 1 is 0.636 bits per heavy atom. The fourth-order valence-corrected chi connectivity index (χ4v) is 5.48. The molecule has 1 aromatic heterocycles. The topological polar surface area (TPSA) is 12.9 Å². The summed E-state index contributed by atoms with van der Waals surface area (Å²) in [6.45, 7) is 13.7. The van der Waals surface area contributed by atoms with E-state index in [2.05, 4.69) is 46.5 Å². The summed E-state index contributed by atoms with van der Waals surface area (Å²) in [5.41, 5.74) is 1.04. The van der Waals surface area contributed by atoms with Gasteiger partial charge in [-0.25, -0.2) is 18.4 Å². The number of hydrogen-bond acceptors (Lipinski definition) is 1. The first-order valence-corrected chi connectivity index (χ1v) is 15.2. The molecule has 0 saturated carbocycles. The molecule has 1 aromatic carbocycles. The van der Waals surface area contributed by atoms with Crippen LogP contribution in [-0.4, -0.2) is 42.0 Å². The molecule has 1 heterocycles. The number of aromatic nitrogens is 1. The number of benzene rings is 1.